The molecule has 1 saturated heterocycles. The van der Waals surface area contributed by atoms with Crippen LogP contribution < -0.4 is 4.74 Å². The van der Waals surface area contributed by atoms with Gasteiger partial charge in [-0.3, -0.25) is 9.78 Å². The summed E-state index contributed by atoms with van der Waals surface area (Å²) in [5.41, 5.74) is 4.54. The van der Waals surface area contributed by atoms with E-state index in [4.69, 9.17) is 4.74 Å². The average Bonchev–Trinajstić information content (AvgIpc) is 3.16. The highest BCUT2D eigenvalue weighted by atomic mass is 16.5. The molecule has 5 nitrogen and oxygen atoms in total. The fraction of sp³-hybridized carbons (Fsp3) is 0.364. The lowest BCUT2D eigenvalue weighted by Gasteiger charge is -2.31. The Balaban J connectivity index is 1.34. The SMILES string of the molecule is CCc1ccccc1OCC(=O)N1CCC(c2c[nH]c3cccnc23)CC1. The Hall–Kier alpha value is -2.82. The Kier molecular flexibility index (Phi) is 5.10. The third kappa shape index (κ3) is 3.68. The number of aromatic amines is 1. The van der Waals surface area contributed by atoms with Gasteiger partial charge in [0, 0.05) is 25.5 Å². The molecule has 0 bridgehead atoms. The van der Waals surface area contributed by atoms with Gasteiger partial charge in [0.05, 0.1) is 11.0 Å². The number of H-pyrrole nitrogens is 1. The van der Waals surface area contributed by atoms with Crippen LogP contribution in [0.5, 0.6) is 5.75 Å². The molecule has 27 heavy (non-hydrogen) atoms. The summed E-state index contributed by atoms with van der Waals surface area (Å²) < 4.78 is 5.79. The number of aryl methyl sites for hydroxylation is 1. The number of hydrogen-bond donors (Lipinski definition) is 1. The van der Waals surface area contributed by atoms with Crippen LogP contribution in [0.3, 0.4) is 0 Å². The van der Waals surface area contributed by atoms with E-state index < -0.39 is 0 Å². The van der Waals surface area contributed by atoms with E-state index in [-0.39, 0.29) is 12.5 Å². The molecule has 1 aliphatic rings. The van der Waals surface area contributed by atoms with Crippen molar-refractivity contribution in [3.05, 3.63) is 59.9 Å². The van der Waals surface area contributed by atoms with Gasteiger partial charge >= 0.3 is 0 Å². The number of carbonyl (C=O) groups is 1. The lowest BCUT2D eigenvalue weighted by molar-refractivity contribution is -0.134. The van der Waals surface area contributed by atoms with Gasteiger partial charge in [0.2, 0.25) is 0 Å². The first-order valence-electron chi connectivity index (χ1n) is 9.66. The van der Waals surface area contributed by atoms with E-state index >= 15 is 0 Å². The Morgan fingerprint density at radius 1 is 1.22 bits per heavy atom. The van der Waals surface area contributed by atoms with Gasteiger partial charge in [-0.05, 0) is 54.5 Å². The number of hydrogen-bond acceptors (Lipinski definition) is 3. The first-order valence-corrected chi connectivity index (χ1v) is 9.66. The monoisotopic (exact) mass is 363 g/mol. The van der Waals surface area contributed by atoms with Crippen LogP contribution in [0.25, 0.3) is 11.0 Å². The van der Waals surface area contributed by atoms with Gasteiger partial charge in [-0.15, -0.1) is 0 Å². The number of pyridine rings is 1. The average molecular weight is 363 g/mol. The number of nitrogens with zero attached hydrogens (tertiary/aromatic N) is 2. The van der Waals surface area contributed by atoms with E-state index in [0.717, 1.165) is 54.7 Å². The predicted molar refractivity (Wildman–Crippen MR) is 106 cm³/mol. The molecule has 5 heteroatoms. The molecule has 0 saturated carbocycles. The molecular weight excluding hydrogens is 338 g/mol. The number of ether oxygens (including phenoxy) is 1. The lowest BCUT2D eigenvalue weighted by atomic mass is 9.90. The molecule has 1 N–H and O–H groups in total. The van der Waals surface area contributed by atoms with Crippen LogP contribution in [-0.2, 0) is 11.2 Å². The summed E-state index contributed by atoms with van der Waals surface area (Å²) >= 11 is 0. The molecule has 1 aromatic carbocycles. The van der Waals surface area contributed by atoms with E-state index in [1.54, 1.807) is 0 Å². The number of piperidine rings is 1. The normalized spacial score (nSPS) is 15.2. The number of likely N-dealkylation sites (tertiary alicyclic amines) is 1. The quantitative estimate of drug-likeness (QED) is 0.748. The van der Waals surface area contributed by atoms with Gasteiger partial charge in [0.1, 0.15) is 5.75 Å². The maximum Gasteiger partial charge on any atom is 0.260 e. The standard InChI is InChI=1S/C22H25N3O2/c1-2-16-6-3-4-8-20(16)27-15-21(26)25-12-9-17(10-13-25)18-14-24-19-7-5-11-23-22(18)19/h3-8,11,14,17,24H,2,9-10,12-13,15H2,1H3. The highest BCUT2D eigenvalue weighted by Crippen LogP contribution is 2.32. The number of para-hydroxylation sites is 1. The molecule has 0 spiro atoms. The van der Waals surface area contributed by atoms with Crippen LogP contribution in [0.4, 0.5) is 0 Å². The molecule has 4 rings (SSSR count). The highest BCUT2D eigenvalue weighted by molar-refractivity contribution is 5.80. The lowest BCUT2D eigenvalue weighted by Crippen LogP contribution is -2.40. The summed E-state index contributed by atoms with van der Waals surface area (Å²) in [6.45, 7) is 3.73. The third-order valence-corrected chi connectivity index (χ3v) is 5.46. The van der Waals surface area contributed by atoms with Crippen molar-refractivity contribution in [2.45, 2.75) is 32.1 Å². The molecule has 1 aliphatic heterocycles. The number of fused-ring (bicyclic) bond motifs is 1. The van der Waals surface area contributed by atoms with Crippen molar-refractivity contribution in [3.63, 3.8) is 0 Å². The molecular formula is C22H25N3O2. The van der Waals surface area contributed by atoms with Crippen molar-refractivity contribution < 1.29 is 9.53 Å². The minimum Gasteiger partial charge on any atom is -0.483 e. The van der Waals surface area contributed by atoms with Gasteiger partial charge < -0.3 is 14.6 Å². The molecule has 0 unspecified atom stereocenters. The van der Waals surface area contributed by atoms with Crippen molar-refractivity contribution in [3.8, 4) is 5.75 Å². The third-order valence-electron chi connectivity index (χ3n) is 5.46. The van der Waals surface area contributed by atoms with Gasteiger partial charge in [-0.2, -0.15) is 0 Å². The number of amides is 1. The number of aromatic nitrogens is 2. The molecule has 140 valence electrons. The number of benzene rings is 1. The minimum atomic E-state index is 0.0661. The molecule has 1 amide bonds. The maximum atomic E-state index is 12.6. The molecule has 2 aromatic heterocycles. The Labute approximate surface area is 159 Å². The van der Waals surface area contributed by atoms with Crippen LogP contribution in [0, 0.1) is 0 Å². The molecule has 3 heterocycles. The van der Waals surface area contributed by atoms with Gasteiger partial charge in [0.25, 0.3) is 5.91 Å². The highest BCUT2D eigenvalue weighted by Gasteiger charge is 2.26. The summed E-state index contributed by atoms with van der Waals surface area (Å²) in [4.78, 5) is 22.3. The van der Waals surface area contributed by atoms with Gasteiger partial charge in [0.15, 0.2) is 6.61 Å². The van der Waals surface area contributed by atoms with E-state index in [1.807, 2.05) is 41.4 Å². The second kappa shape index (κ2) is 7.82. The Morgan fingerprint density at radius 2 is 2.04 bits per heavy atom. The zero-order chi connectivity index (χ0) is 18.6. The second-order valence-corrected chi connectivity index (χ2v) is 7.05. The first-order chi connectivity index (χ1) is 13.3. The molecule has 0 aliphatic carbocycles. The van der Waals surface area contributed by atoms with Crippen LogP contribution >= 0.6 is 0 Å². The summed E-state index contributed by atoms with van der Waals surface area (Å²) in [5, 5.41) is 0. The summed E-state index contributed by atoms with van der Waals surface area (Å²) in [5.74, 6) is 1.32. The zero-order valence-corrected chi connectivity index (χ0v) is 15.6. The summed E-state index contributed by atoms with van der Waals surface area (Å²) in [7, 11) is 0. The smallest absolute Gasteiger partial charge is 0.260 e. The van der Waals surface area contributed by atoms with Crippen LogP contribution in [0.15, 0.2) is 48.8 Å². The predicted octanol–water partition coefficient (Wildman–Crippen LogP) is 3.91. The zero-order valence-electron chi connectivity index (χ0n) is 15.6. The van der Waals surface area contributed by atoms with Crippen LogP contribution in [-0.4, -0.2) is 40.5 Å². The Bertz CT molecular complexity index is 926. The van der Waals surface area contributed by atoms with Crippen LogP contribution in [0.2, 0.25) is 0 Å². The summed E-state index contributed by atoms with van der Waals surface area (Å²) in [6.07, 6.45) is 6.73. The van der Waals surface area contributed by atoms with E-state index in [2.05, 4.69) is 29.2 Å². The van der Waals surface area contributed by atoms with Crippen LogP contribution in [0.1, 0.15) is 36.8 Å². The minimum absolute atomic E-state index is 0.0661. The number of carbonyl (C=O) groups excluding carboxylic acids is 1. The molecule has 1 fully saturated rings. The summed E-state index contributed by atoms with van der Waals surface area (Å²) in [6, 6.07) is 11.9. The first kappa shape index (κ1) is 17.6. The van der Waals surface area contributed by atoms with Crippen molar-refractivity contribution >= 4 is 16.9 Å². The van der Waals surface area contributed by atoms with E-state index in [0.29, 0.717) is 5.92 Å². The van der Waals surface area contributed by atoms with Gasteiger partial charge in [-0.1, -0.05) is 25.1 Å². The van der Waals surface area contributed by atoms with Crippen molar-refractivity contribution in [1.29, 1.82) is 0 Å². The largest absolute Gasteiger partial charge is 0.483 e. The topological polar surface area (TPSA) is 58.2 Å². The number of rotatable bonds is 5. The van der Waals surface area contributed by atoms with Gasteiger partial charge in [-0.25, -0.2) is 0 Å². The fourth-order valence-corrected chi connectivity index (χ4v) is 3.89. The van der Waals surface area contributed by atoms with E-state index in [1.165, 1.54) is 5.56 Å². The molecule has 0 radical (unpaired) electrons. The number of nitrogens with one attached hydrogen (secondary N) is 1. The van der Waals surface area contributed by atoms with Crippen molar-refractivity contribution in [2.24, 2.45) is 0 Å². The Morgan fingerprint density at radius 3 is 2.85 bits per heavy atom. The molecule has 3 aromatic rings. The second-order valence-electron chi connectivity index (χ2n) is 7.05. The van der Waals surface area contributed by atoms with Crippen molar-refractivity contribution in [2.75, 3.05) is 19.7 Å². The maximum absolute atomic E-state index is 12.6. The van der Waals surface area contributed by atoms with E-state index in [9.17, 15) is 4.79 Å². The fourth-order valence-electron chi connectivity index (χ4n) is 3.89. The molecule has 0 atom stereocenters. The van der Waals surface area contributed by atoms with Crippen molar-refractivity contribution in [1.82, 2.24) is 14.9 Å².